The summed E-state index contributed by atoms with van der Waals surface area (Å²) >= 11 is 0. The van der Waals surface area contributed by atoms with Crippen LogP contribution < -0.4 is 0 Å². The van der Waals surface area contributed by atoms with Crippen molar-refractivity contribution in [1.29, 1.82) is 0 Å². The molecule has 0 radical (unpaired) electrons. The zero-order chi connectivity index (χ0) is 46.4. The quantitative estimate of drug-likeness (QED) is 0.0211. The second-order valence-corrected chi connectivity index (χ2v) is 20.4. The van der Waals surface area contributed by atoms with Crippen molar-refractivity contribution in [1.82, 2.24) is 0 Å². The Hall–Kier alpha value is -1.77. The number of quaternary nitrogens is 1. The summed E-state index contributed by atoms with van der Waals surface area (Å²) in [6.07, 6.45) is 53.5. The molecule has 0 aliphatic carbocycles. The third-order valence-corrected chi connectivity index (χ3v) is 12.4. The highest BCUT2D eigenvalue weighted by molar-refractivity contribution is 7.47. The molecule has 0 heterocycles. The van der Waals surface area contributed by atoms with E-state index in [1.807, 2.05) is 21.1 Å². The molecular formula is C53H101NO8P+. The Labute approximate surface area is 389 Å². The van der Waals surface area contributed by atoms with Crippen LogP contribution in [-0.4, -0.2) is 74.9 Å². The number of rotatable bonds is 48. The molecule has 1 unspecified atom stereocenters. The van der Waals surface area contributed by atoms with E-state index in [-0.39, 0.29) is 26.1 Å². The molecule has 0 aromatic heterocycles. The normalized spacial score (nSPS) is 13.7. The minimum absolute atomic E-state index is 0.0255. The van der Waals surface area contributed by atoms with Gasteiger partial charge in [0.15, 0.2) is 6.10 Å². The van der Waals surface area contributed by atoms with Gasteiger partial charge in [0, 0.05) is 12.8 Å². The third kappa shape index (κ3) is 49.5. The third-order valence-electron chi connectivity index (χ3n) is 11.4. The van der Waals surface area contributed by atoms with Gasteiger partial charge in [-0.2, -0.15) is 0 Å². The molecule has 0 rings (SSSR count). The first-order valence-corrected chi connectivity index (χ1v) is 27.7. The van der Waals surface area contributed by atoms with Crippen LogP contribution in [0.25, 0.3) is 0 Å². The molecule has 0 aromatic carbocycles. The van der Waals surface area contributed by atoms with Gasteiger partial charge in [-0.3, -0.25) is 18.6 Å². The maximum atomic E-state index is 12.8. The number of hydrogen-bond acceptors (Lipinski definition) is 7. The molecule has 0 spiro atoms. The Balaban J connectivity index is 4.27. The molecule has 0 bridgehead atoms. The van der Waals surface area contributed by atoms with Gasteiger partial charge < -0.3 is 18.9 Å². The van der Waals surface area contributed by atoms with E-state index < -0.39 is 32.5 Å². The van der Waals surface area contributed by atoms with E-state index in [0.717, 1.165) is 32.1 Å². The molecule has 63 heavy (non-hydrogen) atoms. The van der Waals surface area contributed by atoms with Crippen LogP contribution >= 0.6 is 7.82 Å². The summed E-state index contributed by atoms with van der Waals surface area (Å²) in [6.45, 7) is 4.40. The molecule has 0 aliphatic rings. The molecule has 0 amide bonds. The number of unbranched alkanes of at least 4 members (excludes halogenated alkanes) is 28. The zero-order valence-electron chi connectivity index (χ0n) is 41.8. The van der Waals surface area contributed by atoms with E-state index in [2.05, 4.69) is 50.3 Å². The highest BCUT2D eigenvalue weighted by Gasteiger charge is 2.27. The fourth-order valence-corrected chi connectivity index (χ4v) is 8.07. The van der Waals surface area contributed by atoms with Crippen molar-refractivity contribution < 1.29 is 42.1 Å². The SMILES string of the molecule is CCCCCCCC/C=C/C/C=C/C/C=C/CCCC(=O)OC[C@H](COP(=O)(O)OCC[N+](C)(C)C)OC(=O)CCCCCCCCCCCCCCCCCCCCCCCC. The van der Waals surface area contributed by atoms with Gasteiger partial charge in [-0.05, 0) is 44.9 Å². The van der Waals surface area contributed by atoms with E-state index >= 15 is 0 Å². The fraction of sp³-hybridized carbons (Fsp3) is 0.849. The number of nitrogens with zero attached hydrogens (tertiary/aromatic N) is 1. The van der Waals surface area contributed by atoms with E-state index in [1.54, 1.807) is 0 Å². The Morgan fingerprint density at radius 1 is 0.492 bits per heavy atom. The summed E-state index contributed by atoms with van der Waals surface area (Å²) in [4.78, 5) is 35.5. The van der Waals surface area contributed by atoms with Crippen LogP contribution in [-0.2, 0) is 32.7 Å². The Kier molecular flexibility index (Phi) is 44.1. The molecule has 0 saturated heterocycles. The van der Waals surface area contributed by atoms with Gasteiger partial charge in [0.1, 0.15) is 19.8 Å². The van der Waals surface area contributed by atoms with Crippen molar-refractivity contribution in [2.75, 3.05) is 47.5 Å². The summed E-state index contributed by atoms with van der Waals surface area (Å²) < 4.78 is 34.4. The summed E-state index contributed by atoms with van der Waals surface area (Å²) in [5.74, 6) is -0.849. The lowest BCUT2D eigenvalue weighted by atomic mass is 10.0. The second-order valence-electron chi connectivity index (χ2n) is 18.9. The smallest absolute Gasteiger partial charge is 0.462 e. The van der Waals surface area contributed by atoms with E-state index in [0.29, 0.717) is 23.9 Å². The number of carbonyl (C=O) groups excluding carboxylic acids is 2. The second kappa shape index (κ2) is 45.4. The summed E-state index contributed by atoms with van der Waals surface area (Å²) in [6, 6.07) is 0. The largest absolute Gasteiger partial charge is 0.472 e. The molecule has 10 heteroatoms. The molecule has 9 nitrogen and oxygen atoms in total. The number of carbonyl (C=O) groups is 2. The van der Waals surface area contributed by atoms with Crippen LogP contribution in [0.3, 0.4) is 0 Å². The topological polar surface area (TPSA) is 108 Å². The minimum Gasteiger partial charge on any atom is -0.462 e. The van der Waals surface area contributed by atoms with Crippen LogP contribution in [0.2, 0.25) is 0 Å². The molecular weight excluding hydrogens is 810 g/mol. The molecule has 0 saturated carbocycles. The number of phosphoric ester groups is 1. The molecule has 2 atom stereocenters. The molecule has 1 N–H and O–H groups in total. The van der Waals surface area contributed by atoms with Gasteiger partial charge >= 0.3 is 19.8 Å². The number of esters is 2. The lowest BCUT2D eigenvalue weighted by Crippen LogP contribution is -2.37. The Bertz CT molecular complexity index is 1170. The van der Waals surface area contributed by atoms with Crippen LogP contribution in [0.5, 0.6) is 0 Å². The number of hydrogen-bond donors (Lipinski definition) is 1. The van der Waals surface area contributed by atoms with E-state index in [1.165, 1.54) is 167 Å². The lowest BCUT2D eigenvalue weighted by molar-refractivity contribution is -0.870. The van der Waals surface area contributed by atoms with E-state index in [4.69, 9.17) is 18.5 Å². The predicted molar refractivity (Wildman–Crippen MR) is 266 cm³/mol. The number of phosphoric acid groups is 1. The average molecular weight is 911 g/mol. The molecule has 0 aliphatic heterocycles. The first-order valence-electron chi connectivity index (χ1n) is 26.2. The Morgan fingerprint density at radius 3 is 1.32 bits per heavy atom. The van der Waals surface area contributed by atoms with Crippen molar-refractivity contribution in [2.24, 2.45) is 0 Å². The van der Waals surface area contributed by atoms with Crippen LogP contribution in [0.4, 0.5) is 0 Å². The maximum Gasteiger partial charge on any atom is 0.472 e. The first kappa shape index (κ1) is 61.2. The van der Waals surface area contributed by atoms with Gasteiger partial charge in [-0.1, -0.05) is 217 Å². The highest BCUT2D eigenvalue weighted by Crippen LogP contribution is 2.43. The number of allylic oxidation sites excluding steroid dienone is 6. The maximum absolute atomic E-state index is 12.8. The van der Waals surface area contributed by atoms with Gasteiger partial charge in [-0.15, -0.1) is 0 Å². The van der Waals surface area contributed by atoms with E-state index in [9.17, 15) is 19.0 Å². The first-order chi connectivity index (χ1) is 30.5. The zero-order valence-corrected chi connectivity index (χ0v) is 42.7. The van der Waals surface area contributed by atoms with Gasteiger partial charge in [0.05, 0.1) is 27.7 Å². The lowest BCUT2D eigenvalue weighted by Gasteiger charge is -2.24. The molecule has 0 fully saturated rings. The highest BCUT2D eigenvalue weighted by atomic mass is 31.2. The average Bonchev–Trinajstić information content (AvgIpc) is 3.24. The van der Waals surface area contributed by atoms with Gasteiger partial charge in [-0.25, -0.2) is 4.57 Å². The number of ether oxygens (including phenoxy) is 2. The van der Waals surface area contributed by atoms with Crippen LogP contribution in [0.15, 0.2) is 36.5 Å². The minimum atomic E-state index is -4.39. The van der Waals surface area contributed by atoms with Crippen molar-refractivity contribution in [3.8, 4) is 0 Å². The van der Waals surface area contributed by atoms with Crippen LogP contribution in [0.1, 0.15) is 239 Å². The van der Waals surface area contributed by atoms with Crippen molar-refractivity contribution >= 4 is 19.8 Å². The van der Waals surface area contributed by atoms with Crippen molar-refractivity contribution in [3.05, 3.63) is 36.5 Å². The summed E-state index contributed by atoms with van der Waals surface area (Å²) in [5, 5.41) is 0. The number of likely N-dealkylation sites (N-methyl/N-ethyl adjacent to an activating group) is 1. The van der Waals surface area contributed by atoms with Crippen molar-refractivity contribution in [3.63, 3.8) is 0 Å². The fourth-order valence-electron chi connectivity index (χ4n) is 7.33. The van der Waals surface area contributed by atoms with Gasteiger partial charge in [0.25, 0.3) is 0 Å². The Morgan fingerprint density at radius 2 is 0.873 bits per heavy atom. The monoisotopic (exact) mass is 911 g/mol. The standard InChI is InChI=1S/C53H100NO8P/c1-6-8-10-12-14-16-18-20-22-24-25-26-27-28-30-32-34-36-38-40-42-44-46-53(56)62-51(50-61-63(57,58)60-48-47-54(3,4)5)49-59-52(55)45-43-41-39-37-35-33-31-29-23-21-19-17-15-13-11-9-7-2/h21,23,31,33,37,39,51H,6-20,22,24-30,32,34-36,38,40-50H2,1-5H3/p+1/b23-21+,33-31+,39-37+/t51-/m1/s1. The summed E-state index contributed by atoms with van der Waals surface area (Å²) in [5.41, 5.74) is 0. The van der Waals surface area contributed by atoms with Crippen LogP contribution in [0, 0.1) is 0 Å². The molecule has 0 aromatic rings. The predicted octanol–water partition coefficient (Wildman–Crippen LogP) is 15.6. The van der Waals surface area contributed by atoms with Gasteiger partial charge in [0.2, 0.25) is 0 Å². The molecule has 370 valence electrons. The summed E-state index contributed by atoms with van der Waals surface area (Å²) in [7, 11) is 1.46. The van der Waals surface area contributed by atoms with Crippen molar-refractivity contribution in [2.45, 2.75) is 245 Å².